The van der Waals surface area contributed by atoms with Crippen LogP contribution in [0.25, 0.3) is 0 Å². The second kappa shape index (κ2) is 4.84. The maximum Gasteiger partial charge on any atom is 0.253 e. The van der Waals surface area contributed by atoms with Gasteiger partial charge in [0.15, 0.2) is 0 Å². The monoisotopic (exact) mass is 247 g/mol. The molecule has 0 amide bonds. The number of rotatable bonds is 6. The molecular formula is C14H21N3O. The van der Waals surface area contributed by atoms with E-state index < -0.39 is 0 Å². The summed E-state index contributed by atoms with van der Waals surface area (Å²) in [5.74, 6) is 1.82. The summed E-state index contributed by atoms with van der Waals surface area (Å²) in [7, 11) is 0. The number of nitrogens with one attached hydrogen (secondary N) is 1. The third-order valence-electron chi connectivity index (χ3n) is 4.01. The second-order valence-corrected chi connectivity index (χ2v) is 5.72. The fourth-order valence-electron chi connectivity index (χ4n) is 2.67. The Hall–Kier alpha value is -1.16. The minimum atomic E-state index is 0.0543. The molecule has 0 bridgehead atoms. The molecule has 0 aliphatic heterocycles. The summed E-state index contributed by atoms with van der Waals surface area (Å²) in [5.41, 5.74) is 0.844. The third-order valence-corrected chi connectivity index (χ3v) is 4.01. The van der Waals surface area contributed by atoms with Crippen LogP contribution in [0.15, 0.2) is 17.2 Å². The largest absolute Gasteiger partial charge is 0.312 e. The summed E-state index contributed by atoms with van der Waals surface area (Å²) < 4.78 is 1.69. The van der Waals surface area contributed by atoms with E-state index >= 15 is 0 Å². The van der Waals surface area contributed by atoms with E-state index in [-0.39, 0.29) is 5.56 Å². The minimum Gasteiger partial charge on any atom is -0.312 e. The van der Waals surface area contributed by atoms with Crippen LogP contribution >= 0.6 is 0 Å². The maximum atomic E-state index is 11.7. The Balaban J connectivity index is 1.52. The third kappa shape index (κ3) is 2.80. The van der Waals surface area contributed by atoms with E-state index in [1.807, 2.05) is 6.92 Å². The summed E-state index contributed by atoms with van der Waals surface area (Å²) >= 11 is 0. The number of hydrogen-bond donors (Lipinski definition) is 1. The maximum absolute atomic E-state index is 11.7. The molecule has 1 heterocycles. The number of hydrogen-bond acceptors (Lipinski definition) is 3. The Kier molecular flexibility index (Phi) is 3.20. The van der Waals surface area contributed by atoms with Gasteiger partial charge in [-0.15, -0.1) is 0 Å². The average molecular weight is 247 g/mol. The fraction of sp³-hybridized carbons (Fsp3) is 0.714. The molecular weight excluding hydrogens is 226 g/mol. The van der Waals surface area contributed by atoms with Crippen molar-refractivity contribution >= 4 is 0 Å². The van der Waals surface area contributed by atoms with Gasteiger partial charge in [0.1, 0.15) is 0 Å². The second-order valence-electron chi connectivity index (χ2n) is 5.72. The van der Waals surface area contributed by atoms with Crippen LogP contribution in [-0.4, -0.2) is 22.1 Å². The highest BCUT2D eigenvalue weighted by molar-refractivity contribution is 4.97. The molecule has 0 radical (unpaired) electrons. The topological polar surface area (TPSA) is 46.9 Å². The highest BCUT2D eigenvalue weighted by atomic mass is 16.1. The van der Waals surface area contributed by atoms with Gasteiger partial charge in [-0.3, -0.25) is 9.36 Å². The van der Waals surface area contributed by atoms with Crippen LogP contribution in [0.2, 0.25) is 0 Å². The van der Waals surface area contributed by atoms with Crippen molar-refractivity contribution < 1.29 is 0 Å². The van der Waals surface area contributed by atoms with E-state index in [1.165, 1.54) is 25.7 Å². The lowest BCUT2D eigenvalue weighted by Gasteiger charge is -2.17. The van der Waals surface area contributed by atoms with Gasteiger partial charge in [0.25, 0.3) is 5.56 Å². The quantitative estimate of drug-likeness (QED) is 0.825. The number of nitrogens with zero attached hydrogens (tertiary/aromatic N) is 2. The number of aromatic nitrogens is 2. The van der Waals surface area contributed by atoms with Crippen molar-refractivity contribution in [3.05, 3.63) is 28.4 Å². The first-order valence-corrected chi connectivity index (χ1v) is 7.00. The molecule has 0 aromatic carbocycles. The van der Waals surface area contributed by atoms with Crippen molar-refractivity contribution in [3.63, 3.8) is 0 Å². The molecule has 2 fully saturated rings. The lowest BCUT2D eigenvalue weighted by molar-refractivity contribution is 0.404. The summed E-state index contributed by atoms with van der Waals surface area (Å²) in [5, 5.41) is 3.65. The molecule has 2 aliphatic rings. The van der Waals surface area contributed by atoms with E-state index in [9.17, 15) is 4.79 Å². The Morgan fingerprint density at radius 3 is 2.61 bits per heavy atom. The van der Waals surface area contributed by atoms with Crippen LogP contribution in [0.4, 0.5) is 0 Å². The molecule has 1 N–H and O–H groups in total. The highest BCUT2D eigenvalue weighted by Crippen LogP contribution is 2.44. The average Bonchev–Trinajstić information content (AvgIpc) is 3.20. The molecule has 4 nitrogen and oxygen atoms in total. The smallest absolute Gasteiger partial charge is 0.253 e. The molecule has 0 unspecified atom stereocenters. The van der Waals surface area contributed by atoms with Crippen molar-refractivity contribution in [2.45, 2.75) is 45.2 Å². The van der Waals surface area contributed by atoms with Gasteiger partial charge in [-0.25, -0.2) is 4.98 Å². The standard InChI is InChI=1S/C14H21N3O/c1-10-8-13(18)17(9-16-10)7-6-15-14(11-2-3-11)12-4-5-12/h8-9,11-12,14-15H,2-7H2,1H3. The normalized spacial score (nSPS) is 19.4. The SMILES string of the molecule is Cc1cc(=O)n(CCNC(C2CC2)C2CC2)cn1. The zero-order valence-electron chi connectivity index (χ0n) is 10.9. The van der Waals surface area contributed by atoms with Crippen molar-refractivity contribution in [1.82, 2.24) is 14.9 Å². The Morgan fingerprint density at radius 2 is 2.06 bits per heavy atom. The zero-order valence-corrected chi connectivity index (χ0v) is 10.9. The molecule has 3 rings (SSSR count). The van der Waals surface area contributed by atoms with E-state index in [0.717, 1.165) is 30.6 Å². The van der Waals surface area contributed by atoms with Gasteiger partial charge in [0, 0.05) is 30.9 Å². The Labute approximate surface area is 107 Å². The Morgan fingerprint density at radius 1 is 1.39 bits per heavy atom. The Bertz CT molecular complexity index is 462. The molecule has 18 heavy (non-hydrogen) atoms. The van der Waals surface area contributed by atoms with Crippen LogP contribution in [0.5, 0.6) is 0 Å². The molecule has 0 spiro atoms. The van der Waals surface area contributed by atoms with Gasteiger partial charge in [0.2, 0.25) is 0 Å². The highest BCUT2D eigenvalue weighted by Gasteiger charge is 2.40. The predicted octanol–water partition coefficient (Wildman–Crippen LogP) is 1.33. The molecule has 98 valence electrons. The molecule has 1 aromatic heterocycles. The summed E-state index contributed by atoms with van der Waals surface area (Å²) in [4.78, 5) is 15.9. The van der Waals surface area contributed by atoms with Crippen molar-refractivity contribution in [1.29, 1.82) is 0 Å². The van der Waals surface area contributed by atoms with Gasteiger partial charge >= 0.3 is 0 Å². The first-order valence-electron chi connectivity index (χ1n) is 7.00. The van der Waals surface area contributed by atoms with Gasteiger partial charge < -0.3 is 5.32 Å². The van der Waals surface area contributed by atoms with E-state index in [2.05, 4.69) is 10.3 Å². The molecule has 4 heteroatoms. The fourth-order valence-corrected chi connectivity index (χ4v) is 2.67. The van der Waals surface area contributed by atoms with E-state index in [4.69, 9.17) is 0 Å². The van der Waals surface area contributed by atoms with Crippen LogP contribution in [0, 0.1) is 18.8 Å². The zero-order chi connectivity index (χ0) is 12.5. The van der Waals surface area contributed by atoms with Crippen LogP contribution in [0.3, 0.4) is 0 Å². The summed E-state index contributed by atoms with van der Waals surface area (Å²) in [6.45, 7) is 3.45. The minimum absolute atomic E-state index is 0.0543. The van der Waals surface area contributed by atoms with Crippen LogP contribution in [0.1, 0.15) is 31.4 Å². The lowest BCUT2D eigenvalue weighted by atomic mass is 10.1. The van der Waals surface area contributed by atoms with Crippen molar-refractivity contribution in [2.75, 3.05) is 6.54 Å². The van der Waals surface area contributed by atoms with Gasteiger partial charge in [-0.1, -0.05) is 0 Å². The molecule has 1 aromatic rings. The van der Waals surface area contributed by atoms with Crippen LogP contribution < -0.4 is 10.9 Å². The predicted molar refractivity (Wildman–Crippen MR) is 70.5 cm³/mol. The lowest BCUT2D eigenvalue weighted by Crippen LogP contribution is -2.36. The van der Waals surface area contributed by atoms with Crippen molar-refractivity contribution in [3.8, 4) is 0 Å². The molecule has 0 atom stereocenters. The van der Waals surface area contributed by atoms with E-state index in [1.54, 1.807) is 17.0 Å². The summed E-state index contributed by atoms with van der Waals surface area (Å²) in [6, 6.07) is 2.30. The first-order chi connectivity index (χ1) is 8.74. The summed E-state index contributed by atoms with van der Waals surface area (Å²) in [6.07, 6.45) is 7.21. The number of aryl methyl sites for hydroxylation is 1. The molecule has 2 saturated carbocycles. The van der Waals surface area contributed by atoms with E-state index in [0.29, 0.717) is 6.04 Å². The first kappa shape index (κ1) is 11.9. The molecule has 0 saturated heterocycles. The van der Waals surface area contributed by atoms with Crippen molar-refractivity contribution in [2.24, 2.45) is 11.8 Å². The van der Waals surface area contributed by atoms with Gasteiger partial charge in [-0.2, -0.15) is 0 Å². The van der Waals surface area contributed by atoms with Crippen LogP contribution in [-0.2, 0) is 6.54 Å². The molecule has 2 aliphatic carbocycles. The van der Waals surface area contributed by atoms with Gasteiger partial charge in [-0.05, 0) is 44.4 Å². The van der Waals surface area contributed by atoms with Gasteiger partial charge in [0.05, 0.1) is 6.33 Å².